The molecule has 2 aliphatic rings. The van der Waals surface area contributed by atoms with Gasteiger partial charge in [0.1, 0.15) is 0 Å². The first-order chi connectivity index (χ1) is 9.38. The van der Waals surface area contributed by atoms with E-state index in [1.54, 1.807) is 4.90 Å². The van der Waals surface area contributed by atoms with Gasteiger partial charge in [0.15, 0.2) is 0 Å². The minimum atomic E-state index is -0.788. The minimum absolute atomic E-state index is 0.0106. The number of carbonyl (C=O) groups is 1. The van der Waals surface area contributed by atoms with Gasteiger partial charge in [0.2, 0.25) is 0 Å². The Morgan fingerprint density at radius 1 is 1.55 bits per heavy atom. The molecule has 4 heteroatoms. The van der Waals surface area contributed by atoms with Gasteiger partial charge in [-0.15, -0.1) is 0 Å². The van der Waals surface area contributed by atoms with E-state index in [1.807, 2.05) is 12.1 Å². The maximum atomic E-state index is 11.7. The van der Waals surface area contributed by atoms with Crippen LogP contribution in [0.1, 0.15) is 39.2 Å². The highest BCUT2D eigenvalue weighted by atomic mass is 79.9. The smallest absolute Gasteiger partial charge is 0.408 e. The number of carboxylic acid groups (broad SMARTS) is 1. The lowest BCUT2D eigenvalue weighted by Gasteiger charge is -2.42. The number of benzene rings is 1. The van der Waals surface area contributed by atoms with E-state index in [2.05, 4.69) is 48.8 Å². The quantitative estimate of drug-likeness (QED) is 0.875. The van der Waals surface area contributed by atoms with Gasteiger partial charge in [-0.05, 0) is 50.3 Å². The van der Waals surface area contributed by atoms with Gasteiger partial charge in [0.05, 0.1) is 5.54 Å². The lowest BCUT2D eigenvalue weighted by Crippen LogP contribution is -2.54. The molecule has 1 aromatic rings. The van der Waals surface area contributed by atoms with Gasteiger partial charge in [0.25, 0.3) is 0 Å². The average molecular weight is 338 g/mol. The molecule has 1 amide bonds. The Hall–Kier alpha value is -1.03. The summed E-state index contributed by atoms with van der Waals surface area (Å²) in [5, 5.41) is 9.62. The van der Waals surface area contributed by atoms with Crippen LogP contribution in [0.4, 0.5) is 4.79 Å². The summed E-state index contributed by atoms with van der Waals surface area (Å²) in [7, 11) is 0. The zero-order valence-electron chi connectivity index (χ0n) is 12.1. The van der Waals surface area contributed by atoms with Crippen molar-refractivity contribution < 1.29 is 9.90 Å². The summed E-state index contributed by atoms with van der Waals surface area (Å²) in [4.78, 5) is 13.4. The van der Waals surface area contributed by atoms with E-state index in [4.69, 9.17) is 0 Å². The lowest BCUT2D eigenvalue weighted by molar-refractivity contribution is 0.0649. The molecular weight excluding hydrogens is 318 g/mol. The summed E-state index contributed by atoms with van der Waals surface area (Å²) in [5.41, 5.74) is 0.948. The third-order valence-electron chi connectivity index (χ3n) is 5.73. The van der Waals surface area contributed by atoms with Crippen LogP contribution in [-0.2, 0) is 5.41 Å². The molecule has 1 aliphatic heterocycles. The second-order valence-electron chi connectivity index (χ2n) is 6.31. The van der Waals surface area contributed by atoms with Crippen molar-refractivity contribution in [3.63, 3.8) is 0 Å². The number of hydrogen-bond donors (Lipinski definition) is 1. The standard InChI is InChI=1S/C16H20BrNO2/c1-4-15(3)16(11-6-5-7-12(17)8-11)9-13(16)10(2)18(15)14(19)20/h5-8,10,13H,4,9H2,1-3H3,(H,19,20). The Bertz CT molecular complexity index is 575. The van der Waals surface area contributed by atoms with Crippen LogP contribution >= 0.6 is 15.9 Å². The van der Waals surface area contributed by atoms with Crippen LogP contribution in [0, 0.1) is 5.92 Å². The van der Waals surface area contributed by atoms with Crippen molar-refractivity contribution in [1.82, 2.24) is 4.90 Å². The van der Waals surface area contributed by atoms with Crippen molar-refractivity contribution in [3.05, 3.63) is 34.3 Å². The predicted molar refractivity (Wildman–Crippen MR) is 81.9 cm³/mol. The molecule has 2 fully saturated rings. The monoisotopic (exact) mass is 337 g/mol. The Balaban J connectivity index is 2.13. The minimum Gasteiger partial charge on any atom is -0.465 e. The third-order valence-corrected chi connectivity index (χ3v) is 6.22. The number of halogens is 1. The maximum absolute atomic E-state index is 11.7. The van der Waals surface area contributed by atoms with Crippen LogP contribution in [0.25, 0.3) is 0 Å². The topological polar surface area (TPSA) is 40.5 Å². The highest BCUT2D eigenvalue weighted by Gasteiger charge is 2.75. The first-order valence-electron chi connectivity index (χ1n) is 7.17. The summed E-state index contributed by atoms with van der Waals surface area (Å²) < 4.78 is 1.06. The number of fused-ring (bicyclic) bond motifs is 1. The molecule has 20 heavy (non-hydrogen) atoms. The van der Waals surface area contributed by atoms with E-state index < -0.39 is 6.09 Å². The largest absolute Gasteiger partial charge is 0.465 e. The molecule has 0 aromatic heterocycles. The number of amides is 1. The van der Waals surface area contributed by atoms with Crippen molar-refractivity contribution in [3.8, 4) is 0 Å². The SMILES string of the molecule is CCC1(C)N(C(=O)O)C(C)C2CC21c1cccc(Br)c1. The zero-order valence-corrected chi connectivity index (χ0v) is 13.6. The normalized spacial score (nSPS) is 38.7. The number of hydrogen-bond acceptors (Lipinski definition) is 1. The Morgan fingerprint density at radius 3 is 2.80 bits per heavy atom. The van der Waals surface area contributed by atoms with Gasteiger partial charge in [-0.2, -0.15) is 0 Å². The highest BCUT2D eigenvalue weighted by Crippen LogP contribution is 2.70. The second-order valence-corrected chi connectivity index (χ2v) is 7.23. The van der Waals surface area contributed by atoms with E-state index in [1.165, 1.54) is 5.56 Å². The fourth-order valence-electron chi connectivity index (χ4n) is 4.61. The van der Waals surface area contributed by atoms with Crippen LogP contribution in [0.5, 0.6) is 0 Å². The number of piperidine rings is 1. The molecule has 3 nitrogen and oxygen atoms in total. The molecule has 1 aliphatic carbocycles. The molecule has 0 spiro atoms. The molecule has 1 saturated carbocycles. The number of nitrogens with zero attached hydrogens (tertiary/aromatic N) is 1. The van der Waals surface area contributed by atoms with Gasteiger partial charge < -0.3 is 5.11 Å². The van der Waals surface area contributed by atoms with E-state index in [9.17, 15) is 9.90 Å². The van der Waals surface area contributed by atoms with Crippen molar-refractivity contribution in [2.45, 2.75) is 50.6 Å². The van der Waals surface area contributed by atoms with Crippen molar-refractivity contribution in [2.75, 3.05) is 0 Å². The van der Waals surface area contributed by atoms with E-state index in [0.717, 1.165) is 17.3 Å². The van der Waals surface area contributed by atoms with Crippen LogP contribution in [-0.4, -0.2) is 27.7 Å². The Labute approximate surface area is 128 Å². The molecule has 4 atom stereocenters. The third kappa shape index (κ3) is 1.49. The summed E-state index contributed by atoms with van der Waals surface area (Å²) >= 11 is 3.54. The molecule has 1 N–H and O–H groups in total. The summed E-state index contributed by atoms with van der Waals surface area (Å²) in [6, 6.07) is 8.47. The predicted octanol–water partition coefficient (Wildman–Crippen LogP) is 4.26. The van der Waals surface area contributed by atoms with Gasteiger partial charge >= 0.3 is 6.09 Å². The highest BCUT2D eigenvalue weighted by molar-refractivity contribution is 9.10. The summed E-state index contributed by atoms with van der Waals surface area (Å²) in [6.45, 7) is 6.27. The van der Waals surface area contributed by atoms with Crippen molar-refractivity contribution in [2.24, 2.45) is 5.92 Å². The fourth-order valence-corrected chi connectivity index (χ4v) is 5.01. The first-order valence-corrected chi connectivity index (χ1v) is 7.96. The average Bonchev–Trinajstić information content (AvgIpc) is 3.11. The maximum Gasteiger partial charge on any atom is 0.408 e. The molecule has 108 valence electrons. The number of likely N-dealkylation sites (tertiary alicyclic amines) is 1. The molecule has 3 rings (SSSR count). The second kappa shape index (κ2) is 4.23. The summed E-state index contributed by atoms with van der Waals surface area (Å²) in [6.07, 6.45) is 1.15. The van der Waals surface area contributed by atoms with Crippen LogP contribution in [0.15, 0.2) is 28.7 Å². The lowest BCUT2D eigenvalue weighted by atomic mass is 9.75. The van der Waals surface area contributed by atoms with Crippen molar-refractivity contribution >= 4 is 22.0 Å². The van der Waals surface area contributed by atoms with Crippen LogP contribution < -0.4 is 0 Å². The molecular formula is C16H20BrNO2. The van der Waals surface area contributed by atoms with E-state index in [-0.39, 0.29) is 17.0 Å². The molecule has 4 unspecified atom stereocenters. The molecule has 1 aromatic carbocycles. The molecule has 1 heterocycles. The van der Waals surface area contributed by atoms with Crippen LogP contribution in [0.2, 0.25) is 0 Å². The fraction of sp³-hybridized carbons (Fsp3) is 0.562. The molecule has 0 bridgehead atoms. The van der Waals surface area contributed by atoms with Crippen molar-refractivity contribution in [1.29, 1.82) is 0 Å². The summed E-state index contributed by atoms with van der Waals surface area (Å²) in [5.74, 6) is 0.442. The molecule has 0 radical (unpaired) electrons. The number of rotatable bonds is 2. The Kier molecular flexibility index (Phi) is 2.95. The van der Waals surface area contributed by atoms with Gasteiger partial charge in [-0.25, -0.2) is 4.79 Å². The zero-order chi connectivity index (χ0) is 14.7. The Morgan fingerprint density at radius 2 is 2.25 bits per heavy atom. The first kappa shape index (κ1) is 13.9. The van der Waals surface area contributed by atoms with Gasteiger partial charge in [-0.1, -0.05) is 35.0 Å². The van der Waals surface area contributed by atoms with Crippen LogP contribution in [0.3, 0.4) is 0 Å². The van der Waals surface area contributed by atoms with Gasteiger partial charge in [-0.3, -0.25) is 4.90 Å². The van der Waals surface area contributed by atoms with E-state index in [0.29, 0.717) is 5.92 Å². The van der Waals surface area contributed by atoms with Gasteiger partial charge in [0, 0.05) is 15.9 Å². The van der Waals surface area contributed by atoms with E-state index >= 15 is 0 Å². The molecule has 1 saturated heterocycles.